The molecule has 0 saturated heterocycles. The molecular weight excluding hydrogens is 310 g/mol. The van der Waals surface area contributed by atoms with Gasteiger partial charge < -0.3 is 10.7 Å². The molecule has 0 aliphatic carbocycles. The summed E-state index contributed by atoms with van der Waals surface area (Å²) in [5.74, 6) is 0.463. The van der Waals surface area contributed by atoms with E-state index in [-0.39, 0.29) is 10.9 Å². The van der Waals surface area contributed by atoms with Gasteiger partial charge in [-0.1, -0.05) is 0 Å². The lowest BCUT2D eigenvalue weighted by Gasteiger charge is -2.13. The summed E-state index contributed by atoms with van der Waals surface area (Å²) in [4.78, 5) is 3.10. The maximum absolute atomic E-state index is 12.4. The summed E-state index contributed by atoms with van der Waals surface area (Å²) in [5.41, 5.74) is 6.94. The van der Waals surface area contributed by atoms with Gasteiger partial charge in [-0.25, -0.2) is 13.1 Å². The zero-order valence-corrected chi connectivity index (χ0v) is 13.6. The van der Waals surface area contributed by atoms with E-state index in [0.29, 0.717) is 28.8 Å². The molecule has 0 saturated carbocycles. The van der Waals surface area contributed by atoms with Gasteiger partial charge in [0.05, 0.1) is 0 Å². The summed E-state index contributed by atoms with van der Waals surface area (Å²) in [5, 5.41) is 0.564. The van der Waals surface area contributed by atoms with Crippen LogP contribution in [0.4, 0.5) is 5.69 Å². The molecule has 2 aromatic rings. The number of anilines is 1. The van der Waals surface area contributed by atoms with Crippen molar-refractivity contribution in [3.8, 4) is 0 Å². The maximum atomic E-state index is 12.4. The highest BCUT2D eigenvalue weighted by molar-refractivity contribution is 7.89. The third kappa shape index (κ3) is 3.84. The number of hydrogen-bond acceptors (Lipinski definition) is 4. The second kappa shape index (κ2) is 6.17. The van der Waals surface area contributed by atoms with Gasteiger partial charge in [-0.2, -0.15) is 0 Å². The van der Waals surface area contributed by atoms with Crippen molar-refractivity contribution in [3.63, 3.8) is 0 Å². The van der Waals surface area contributed by atoms with E-state index in [0.717, 1.165) is 0 Å². The summed E-state index contributed by atoms with van der Waals surface area (Å²) in [6, 6.07) is 4.80. The lowest BCUT2D eigenvalue weighted by Crippen LogP contribution is -2.33. The summed E-state index contributed by atoms with van der Waals surface area (Å²) in [7, 11) is -4.58. The average molecular weight is 329 g/mol. The van der Waals surface area contributed by atoms with Crippen LogP contribution in [0.25, 0.3) is 10.9 Å². The Balaban J connectivity index is 2.25. The van der Waals surface area contributed by atoms with E-state index in [1.165, 1.54) is 6.20 Å². The number of aromatic nitrogens is 1. The van der Waals surface area contributed by atoms with E-state index in [2.05, 4.69) is 9.71 Å². The Morgan fingerprint density at radius 1 is 1.43 bits per heavy atom. The average Bonchev–Trinajstić information content (AvgIpc) is 2.79. The first-order valence-corrected chi connectivity index (χ1v) is 9.69. The zero-order chi connectivity index (χ0) is 15.6. The topological polar surface area (TPSA) is 105 Å². The molecule has 116 valence electrons. The van der Waals surface area contributed by atoms with Gasteiger partial charge in [-0.15, -0.1) is 0 Å². The lowest BCUT2D eigenvalue weighted by molar-refractivity contribution is 0.556. The van der Waals surface area contributed by atoms with Crippen LogP contribution in [0.5, 0.6) is 0 Å². The monoisotopic (exact) mass is 329 g/mol. The Morgan fingerprint density at radius 3 is 2.81 bits per heavy atom. The lowest BCUT2D eigenvalue weighted by atomic mass is 10.2. The van der Waals surface area contributed by atoms with Crippen molar-refractivity contribution in [3.05, 3.63) is 24.4 Å². The van der Waals surface area contributed by atoms with Crippen LogP contribution in [0, 0.1) is 0 Å². The Bertz CT molecular complexity index is 768. The standard InChI is InChI=1S/C13H19N3O3S2/c1-9(5-6-20(2)17)16-21(18,19)13-8-15-12-4-3-10(14)7-11(12)13/h3-4,7-9,15-16H,5-6,14H2,1-2H3. The van der Waals surface area contributed by atoms with Crippen LogP contribution in [0.3, 0.4) is 0 Å². The number of nitrogens with one attached hydrogen (secondary N) is 2. The fourth-order valence-electron chi connectivity index (χ4n) is 2.06. The SMILES string of the molecule is CC(CCS(C)=O)NS(=O)(=O)c1c[nH]c2ccc(N)cc12. The molecule has 2 atom stereocenters. The van der Waals surface area contributed by atoms with E-state index in [4.69, 9.17) is 5.73 Å². The van der Waals surface area contributed by atoms with Crippen molar-refractivity contribution in [1.82, 2.24) is 9.71 Å². The van der Waals surface area contributed by atoms with Crippen LogP contribution in [0.1, 0.15) is 13.3 Å². The first kappa shape index (κ1) is 16.0. The van der Waals surface area contributed by atoms with Crippen molar-refractivity contribution >= 4 is 37.4 Å². The molecule has 0 aliphatic heterocycles. The van der Waals surface area contributed by atoms with Crippen LogP contribution < -0.4 is 10.5 Å². The highest BCUT2D eigenvalue weighted by Crippen LogP contribution is 2.24. The maximum Gasteiger partial charge on any atom is 0.242 e. The predicted molar refractivity (Wildman–Crippen MR) is 86.0 cm³/mol. The smallest absolute Gasteiger partial charge is 0.242 e. The van der Waals surface area contributed by atoms with Gasteiger partial charge in [0.25, 0.3) is 0 Å². The number of sulfonamides is 1. The number of hydrogen-bond donors (Lipinski definition) is 3. The second-order valence-electron chi connectivity index (χ2n) is 5.05. The van der Waals surface area contributed by atoms with Crippen LogP contribution in [0.2, 0.25) is 0 Å². The van der Waals surface area contributed by atoms with Crippen LogP contribution in [0.15, 0.2) is 29.3 Å². The summed E-state index contributed by atoms with van der Waals surface area (Å²) in [6.07, 6.45) is 3.58. The van der Waals surface area contributed by atoms with E-state index in [1.54, 1.807) is 31.4 Å². The molecule has 1 aromatic heterocycles. The van der Waals surface area contributed by atoms with Crippen LogP contribution in [-0.4, -0.2) is 35.7 Å². The third-order valence-electron chi connectivity index (χ3n) is 3.15. The first-order chi connectivity index (χ1) is 9.79. The summed E-state index contributed by atoms with van der Waals surface area (Å²) in [6.45, 7) is 1.76. The van der Waals surface area contributed by atoms with Crippen molar-refractivity contribution < 1.29 is 12.6 Å². The quantitative estimate of drug-likeness (QED) is 0.692. The molecule has 6 nitrogen and oxygen atoms in total. The minimum absolute atomic E-state index is 0.175. The predicted octanol–water partition coefficient (Wildman–Crippen LogP) is 1.19. The summed E-state index contributed by atoms with van der Waals surface area (Å²) >= 11 is 0. The van der Waals surface area contributed by atoms with Crippen LogP contribution >= 0.6 is 0 Å². The molecule has 1 heterocycles. The van der Waals surface area contributed by atoms with Gasteiger partial charge in [-0.3, -0.25) is 4.21 Å². The van der Waals surface area contributed by atoms with Crippen molar-refractivity contribution in [2.45, 2.75) is 24.3 Å². The molecule has 1 aromatic carbocycles. The normalized spacial score (nSPS) is 15.1. The van der Waals surface area contributed by atoms with Gasteiger partial charge in [0.15, 0.2) is 0 Å². The van der Waals surface area contributed by atoms with Gasteiger partial charge in [-0.05, 0) is 31.5 Å². The zero-order valence-electron chi connectivity index (χ0n) is 11.9. The largest absolute Gasteiger partial charge is 0.399 e. The Morgan fingerprint density at radius 2 is 2.14 bits per heavy atom. The van der Waals surface area contributed by atoms with Gasteiger partial charge in [0, 0.05) is 51.6 Å². The first-order valence-electron chi connectivity index (χ1n) is 6.48. The number of H-pyrrole nitrogens is 1. The molecule has 0 aliphatic rings. The minimum Gasteiger partial charge on any atom is -0.399 e. The van der Waals surface area contributed by atoms with E-state index in [9.17, 15) is 12.6 Å². The van der Waals surface area contributed by atoms with E-state index < -0.39 is 20.8 Å². The van der Waals surface area contributed by atoms with Gasteiger partial charge in [0.1, 0.15) is 4.90 Å². The number of rotatable bonds is 6. The van der Waals surface area contributed by atoms with Crippen molar-refractivity contribution in [2.75, 3.05) is 17.7 Å². The summed E-state index contributed by atoms with van der Waals surface area (Å²) < 4.78 is 38.5. The second-order valence-corrected chi connectivity index (χ2v) is 8.28. The molecule has 2 unspecified atom stereocenters. The minimum atomic E-state index is -3.64. The molecule has 0 spiro atoms. The Hall–Kier alpha value is -1.38. The number of fused-ring (bicyclic) bond motifs is 1. The molecule has 21 heavy (non-hydrogen) atoms. The fraction of sp³-hybridized carbons (Fsp3) is 0.385. The van der Waals surface area contributed by atoms with Gasteiger partial charge in [0.2, 0.25) is 10.0 Å². The van der Waals surface area contributed by atoms with E-state index in [1.807, 2.05) is 0 Å². The number of nitrogens with two attached hydrogens (primary N) is 1. The Labute approximate surface area is 126 Å². The molecule has 0 amide bonds. The molecule has 0 radical (unpaired) electrons. The number of nitrogen functional groups attached to an aromatic ring is 1. The third-order valence-corrected chi connectivity index (χ3v) is 5.59. The van der Waals surface area contributed by atoms with Crippen molar-refractivity contribution in [1.29, 1.82) is 0 Å². The molecular formula is C13H19N3O3S2. The van der Waals surface area contributed by atoms with Gasteiger partial charge >= 0.3 is 0 Å². The molecule has 0 fully saturated rings. The molecule has 0 bridgehead atoms. The molecule has 4 N–H and O–H groups in total. The Kier molecular flexibility index (Phi) is 4.70. The fourth-order valence-corrected chi connectivity index (χ4v) is 4.20. The number of aromatic amines is 1. The molecule has 2 rings (SSSR count). The van der Waals surface area contributed by atoms with E-state index >= 15 is 0 Å². The molecule has 8 heteroatoms. The van der Waals surface area contributed by atoms with Crippen LogP contribution in [-0.2, 0) is 20.8 Å². The highest BCUT2D eigenvalue weighted by atomic mass is 32.2. The van der Waals surface area contributed by atoms with Crippen molar-refractivity contribution in [2.24, 2.45) is 0 Å². The highest BCUT2D eigenvalue weighted by Gasteiger charge is 2.21. The number of benzene rings is 1.